The van der Waals surface area contributed by atoms with Gasteiger partial charge in [-0.2, -0.15) is 0 Å². The molecule has 9 heteroatoms. The van der Waals surface area contributed by atoms with Gasteiger partial charge < -0.3 is 19.0 Å². The van der Waals surface area contributed by atoms with Crippen LogP contribution >= 0.6 is 15.9 Å². The highest BCUT2D eigenvalue weighted by molar-refractivity contribution is 9.10. The largest absolute Gasteiger partial charge is 0.503 e. The normalized spacial score (nSPS) is 15.4. The Hall–Kier alpha value is -4.37. The molecule has 4 aromatic rings. The Kier molecular flexibility index (Phi) is 6.31. The average Bonchev–Trinajstić information content (AvgIpc) is 3.42. The van der Waals surface area contributed by atoms with Crippen molar-refractivity contribution in [2.45, 2.75) is 13.0 Å². The molecule has 1 amide bonds. The van der Waals surface area contributed by atoms with Gasteiger partial charge in [-0.1, -0.05) is 28.1 Å². The molecule has 5 rings (SSSR count). The number of methoxy groups -OCH3 is 1. The number of carbonyl (C=O) groups is 3. The van der Waals surface area contributed by atoms with E-state index in [4.69, 9.17) is 13.9 Å². The number of furan rings is 1. The minimum absolute atomic E-state index is 0.0134. The molecule has 0 aliphatic carbocycles. The molecule has 1 unspecified atom stereocenters. The first-order chi connectivity index (χ1) is 17.8. The quantitative estimate of drug-likeness (QED) is 0.177. The van der Waals surface area contributed by atoms with Gasteiger partial charge in [0.1, 0.15) is 17.1 Å². The number of halogens is 1. The fourth-order valence-corrected chi connectivity index (χ4v) is 4.68. The monoisotopic (exact) mass is 561 g/mol. The minimum atomic E-state index is -0.972. The second-order valence-electron chi connectivity index (χ2n) is 8.32. The molecular formula is C28H20BrNO7. The summed E-state index contributed by atoms with van der Waals surface area (Å²) in [5.74, 6) is -1.63. The lowest BCUT2D eigenvalue weighted by Crippen LogP contribution is -2.31. The van der Waals surface area contributed by atoms with Crippen molar-refractivity contribution in [2.24, 2.45) is 0 Å². The van der Waals surface area contributed by atoms with E-state index >= 15 is 0 Å². The Balaban J connectivity index is 1.62. The molecule has 186 valence electrons. The van der Waals surface area contributed by atoms with Crippen molar-refractivity contribution in [3.05, 3.63) is 99.9 Å². The summed E-state index contributed by atoms with van der Waals surface area (Å²) in [6.07, 6.45) is 0. The van der Waals surface area contributed by atoms with E-state index in [1.165, 1.54) is 18.9 Å². The number of hydrogen-bond acceptors (Lipinski definition) is 7. The van der Waals surface area contributed by atoms with E-state index in [2.05, 4.69) is 15.9 Å². The zero-order chi connectivity index (χ0) is 26.3. The second-order valence-corrected chi connectivity index (χ2v) is 9.24. The summed E-state index contributed by atoms with van der Waals surface area (Å²) in [7, 11) is 1.53. The molecule has 8 nitrogen and oxygen atoms in total. The average molecular weight is 562 g/mol. The van der Waals surface area contributed by atoms with Crippen molar-refractivity contribution >= 4 is 50.2 Å². The van der Waals surface area contributed by atoms with Crippen molar-refractivity contribution < 1.29 is 33.4 Å². The Labute approximate surface area is 219 Å². The number of aliphatic hydroxyl groups excluding tert-OH is 1. The molecule has 1 N–H and O–H groups in total. The second kappa shape index (κ2) is 9.59. The van der Waals surface area contributed by atoms with E-state index < -0.39 is 29.5 Å². The number of esters is 1. The summed E-state index contributed by atoms with van der Waals surface area (Å²) in [6, 6.07) is 19.0. The third-order valence-corrected chi connectivity index (χ3v) is 6.46. The first kappa shape index (κ1) is 24.3. The van der Waals surface area contributed by atoms with Gasteiger partial charge in [0.2, 0.25) is 5.78 Å². The molecule has 1 aromatic heterocycles. The standard InChI is InChI=1S/C28H20BrNO7/c1-15(31)36-21-8-3-16(4-9-21)25-24(26(32)23-14-17-13-18(29)5-12-22(17)37-23)27(33)28(34)30(25)19-6-10-20(35-2)11-7-19/h3-14,25,33H,1-2H3. The number of carbonyl (C=O) groups excluding carboxylic acids is 3. The maximum atomic E-state index is 13.7. The SMILES string of the molecule is COc1ccc(N2C(=O)C(O)=C(C(=O)c3cc4cc(Br)ccc4o3)C2c2ccc(OC(C)=O)cc2)cc1. The molecule has 0 radical (unpaired) electrons. The van der Waals surface area contributed by atoms with Gasteiger partial charge in [-0.15, -0.1) is 0 Å². The lowest BCUT2D eigenvalue weighted by molar-refractivity contribution is -0.131. The number of hydrogen-bond donors (Lipinski definition) is 1. The lowest BCUT2D eigenvalue weighted by Gasteiger charge is -2.27. The smallest absolute Gasteiger partial charge is 0.308 e. The van der Waals surface area contributed by atoms with E-state index in [9.17, 15) is 19.5 Å². The Morgan fingerprint density at radius 2 is 1.65 bits per heavy atom. The number of fused-ring (bicyclic) bond motifs is 1. The highest BCUT2D eigenvalue weighted by Crippen LogP contribution is 2.43. The summed E-state index contributed by atoms with van der Waals surface area (Å²) in [4.78, 5) is 39.8. The fourth-order valence-electron chi connectivity index (χ4n) is 4.30. The van der Waals surface area contributed by atoms with Gasteiger partial charge in [0.25, 0.3) is 5.91 Å². The Morgan fingerprint density at radius 1 is 0.973 bits per heavy atom. The van der Waals surface area contributed by atoms with Crippen LogP contribution in [0.15, 0.2) is 93.0 Å². The molecule has 0 saturated heterocycles. The van der Waals surface area contributed by atoms with E-state index in [0.717, 1.165) is 4.47 Å². The van der Waals surface area contributed by atoms with Crippen LogP contribution in [0.3, 0.4) is 0 Å². The fraction of sp³-hybridized carbons (Fsp3) is 0.107. The molecular weight excluding hydrogens is 542 g/mol. The van der Waals surface area contributed by atoms with E-state index in [0.29, 0.717) is 33.7 Å². The number of Topliss-reactive ketones (excluding diaryl/α,β-unsaturated/α-hetero) is 1. The molecule has 37 heavy (non-hydrogen) atoms. The van der Waals surface area contributed by atoms with Crippen LogP contribution in [0.4, 0.5) is 5.69 Å². The van der Waals surface area contributed by atoms with Crippen molar-refractivity contribution in [3.8, 4) is 11.5 Å². The van der Waals surface area contributed by atoms with Crippen LogP contribution in [0.2, 0.25) is 0 Å². The van der Waals surface area contributed by atoms with Crippen LogP contribution in [0.5, 0.6) is 11.5 Å². The van der Waals surface area contributed by atoms with Gasteiger partial charge in [0.05, 0.1) is 18.7 Å². The molecule has 1 atom stereocenters. The van der Waals surface area contributed by atoms with Crippen LogP contribution in [-0.2, 0) is 9.59 Å². The number of aliphatic hydroxyl groups is 1. The first-order valence-corrected chi connectivity index (χ1v) is 12.0. The number of nitrogens with zero attached hydrogens (tertiary/aromatic N) is 1. The summed E-state index contributed by atoms with van der Waals surface area (Å²) in [5.41, 5.74) is 1.33. The van der Waals surface area contributed by atoms with Crippen LogP contribution in [0.1, 0.15) is 29.1 Å². The van der Waals surface area contributed by atoms with Crippen molar-refractivity contribution in [2.75, 3.05) is 12.0 Å². The highest BCUT2D eigenvalue weighted by atomic mass is 79.9. The topological polar surface area (TPSA) is 106 Å². The summed E-state index contributed by atoms with van der Waals surface area (Å²) in [6.45, 7) is 1.29. The van der Waals surface area contributed by atoms with E-state index in [1.54, 1.807) is 72.8 Å². The number of rotatable bonds is 6. The number of anilines is 1. The molecule has 1 aliphatic heterocycles. The molecule has 0 bridgehead atoms. The number of ketones is 1. The zero-order valence-electron chi connectivity index (χ0n) is 19.7. The van der Waals surface area contributed by atoms with E-state index in [-0.39, 0.29) is 11.3 Å². The predicted molar refractivity (Wildman–Crippen MR) is 139 cm³/mol. The number of ether oxygens (including phenoxy) is 2. The van der Waals surface area contributed by atoms with Crippen LogP contribution in [0.25, 0.3) is 11.0 Å². The molecule has 0 spiro atoms. The highest BCUT2D eigenvalue weighted by Gasteiger charge is 2.45. The zero-order valence-corrected chi connectivity index (χ0v) is 21.3. The minimum Gasteiger partial charge on any atom is -0.503 e. The third kappa shape index (κ3) is 4.49. The van der Waals surface area contributed by atoms with Gasteiger partial charge >= 0.3 is 5.97 Å². The maximum Gasteiger partial charge on any atom is 0.308 e. The van der Waals surface area contributed by atoms with Crippen LogP contribution < -0.4 is 14.4 Å². The van der Waals surface area contributed by atoms with Crippen molar-refractivity contribution in [1.82, 2.24) is 0 Å². The first-order valence-electron chi connectivity index (χ1n) is 11.2. The Bertz CT molecular complexity index is 1570. The molecule has 1 aliphatic rings. The van der Waals surface area contributed by atoms with Crippen LogP contribution in [0, 0.1) is 0 Å². The third-order valence-electron chi connectivity index (χ3n) is 5.96. The maximum absolute atomic E-state index is 13.7. The van der Waals surface area contributed by atoms with Gasteiger partial charge in [-0.3, -0.25) is 19.3 Å². The lowest BCUT2D eigenvalue weighted by atomic mass is 9.94. The van der Waals surface area contributed by atoms with Crippen molar-refractivity contribution in [1.29, 1.82) is 0 Å². The molecule has 0 saturated carbocycles. The van der Waals surface area contributed by atoms with Crippen molar-refractivity contribution in [3.63, 3.8) is 0 Å². The van der Waals surface area contributed by atoms with Gasteiger partial charge in [0.15, 0.2) is 11.5 Å². The van der Waals surface area contributed by atoms with Gasteiger partial charge in [-0.05, 0) is 66.2 Å². The summed E-state index contributed by atoms with van der Waals surface area (Å²) < 4.78 is 16.9. The summed E-state index contributed by atoms with van der Waals surface area (Å²) in [5, 5.41) is 11.7. The molecule has 2 heterocycles. The molecule has 0 fully saturated rings. The van der Waals surface area contributed by atoms with Crippen LogP contribution in [-0.4, -0.2) is 29.9 Å². The molecule has 3 aromatic carbocycles. The Morgan fingerprint density at radius 3 is 2.30 bits per heavy atom. The summed E-state index contributed by atoms with van der Waals surface area (Å²) >= 11 is 3.40. The van der Waals surface area contributed by atoms with Gasteiger partial charge in [-0.25, -0.2) is 0 Å². The predicted octanol–water partition coefficient (Wildman–Crippen LogP) is 5.91. The van der Waals surface area contributed by atoms with E-state index in [1.807, 2.05) is 0 Å². The number of benzene rings is 3. The van der Waals surface area contributed by atoms with Gasteiger partial charge in [0, 0.05) is 22.5 Å². The number of amides is 1.